The van der Waals surface area contributed by atoms with Gasteiger partial charge in [0.2, 0.25) is 0 Å². The number of carbonyl (C=O) groups is 2. The summed E-state index contributed by atoms with van der Waals surface area (Å²) >= 11 is 3.15. The van der Waals surface area contributed by atoms with Crippen LogP contribution in [0.2, 0.25) is 0 Å². The van der Waals surface area contributed by atoms with Crippen LogP contribution in [-0.4, -0.2) is 21.8 Å². The predicted octanol–water partition coefficient (Wildman–Crippen LogP) is 9.05. The second kappa shape index (κ2) is 11.2. The lowest BCUT2D eigenvalue weighted by atomic mass is 10.1. The minimum Gasteiger partial charge on any atom is -0.320 e. The number of anilines is 2. The molecule has 0 fully saturated rings. The van der Waals surface area contributed by atoms with Crippen molar-refractivity contribution in [3.63, 3.8) is 0 Å². The molecule has 0 unspecified atom stereocenters. The van der Waals surface area contributed by atoms with Crippen molar-refractivity contribution in [2.75, 3.05) is 10.6 Å². The first-order valence-electron chi connectivity index (χ1n) is 13.6. The molecule has 0 saturated heterocycles. The fraction of sp³-hybridized carbons (Fsp3) is 0.0286. The molecule has 0 aliphatic heterocycles. The molecule has 3 aromatic carbocycles. The van der Waals surface area contributed by atoms with Gasteiger partial charge in [-0.05, 0) is 71.8 Å². The van der Waals surface area contributed by atoms with E-state index in [9.17, 15) is 9.59 Å². The zero-order valence-electron chi connectivity index (χ0n) is 23.0. The highest BCUT2D eigenvalue weighted by Crippen LogP contribution is 2.32. The van der Waals surface area contributed by atoms with Crippen LogP contribution in [0.1, 0.15) is 26.3 Å². The first kappa shape index (κ1) is 26.7. The number of pyridine rings is 2. The summed E-state index contributed by atoms with van der Waals surface area (Å²) in [6, 6.07) is 32.4. The van der Waals surface area contributed by atoms with Crippen LogP contribution in [0, 0.1) is 6.92 Å². The Morgan fingerprint density at radius 2 is 1.09 bits per heavy atom. The van der Waals surface area contributed by atoms with Crippen LogP contribution in [0.3, 0.4) is 0 Å². The average molecular weight is 597 g/mol. The van der Waals surface area contributed by atoms with E-state index in [2.05, 4.69) is 10.6 Å². The SMILES string of the molecule is Cc1ccc(NC(=O)c2cc(-c3cccs3)nc3ccccc23)c(NC(=O)c2cc(-c3cccs3)nc3ccccc23)c1. The minimum absolute atomic E-state index is 0.285. The minimum atomic E-state index is -0.287. The summed E-state index contributed by atoms with van der Waals surface area (Å²) in [6.07, 6.45) is 0. The van der Waals surface area contributed by atoms with E-state index in [0.717, 1.165) is 48.5 Å². The highest BCUT2D eigenvalue weighted by atomic mass is 32.1. The molecule has 0 bridgehead atoms. The van der Waals surface area contributed by atoms with Crippen LogP contribution in [0.25, 0.3) is 42.9 Å². The van der Waals surface area contributed by atoms with Gasteiger partial charge in [-0.2, -0.15) is 0 Å². The van der Waals surface area contributed by atoms with Crippen molar-refractivity contribution < 1.29 is 9.59 Å². The fourth-order valence-electron chi connectivity index (χ4n) is 5.08. The third-order valence-corrected chi connectivity index (χ3v) is 8.93. The number of hydrogen-bond donors (Lipinski definition) is 2. The zero-order valence-corrected chi connectivity index (χ0v) is 24.6. The van der Waals surface area contributed by atoms with E-state index in [1.54, 1.807) is 22.7 Å². The molecule has 208 valence electrons. The number of fused-ring (bicyclic) bond motifs is 2. The number of nitrogens with one attached hydrogen (secondary N) is 2. The summed E-state index contributed by atoms with van der Waals surface area (Å²) in [5.74, 6) is -0.572. The van der Waals surface area contributed by atoms with Crippen molar-refractivity contribution in [1.82, 2.24) is 9.97 Å². The van der Waals surface area contributed by atoms with Crippen LogP contribution in [0.4, 0.5) is 11.4 Å². The van der Waals surface area contributed by atoms with Crippen molar-refractivity contribution in [3.8, 4) is 21.1 Å². The number of para-hydroxylation sites is 2. The number of amides is 2. The molecule has 0 atom stereocenters. The number of benzene rings is 3. The molecule has 0 radical (unpaired) electrons. The summed E-state index contributed by atoms with van der Waals surface area (Å²) in [7, 11) is 0. The number of aryl methyl sites for hydroxylation is 1. The number of thiophene rings is 2. The predicted molar refractivity (Wildman–Crippen MR) is 177 cm³/mol. The monoisotopic (exact) mass is 596 g/mol. The van der Waals surface area contributed by atoms with Crippen LogP contribution >= 0.6 is 22.7 Å². The van der Waals surface area contributed by atoms with Gasteiger partial charge >= 0.3 is 0 Å². The highest BCUT2D eigenvalue weighted by Gasteiger charge is 2.19. The molecular weight excluding hydrogens is 573 g/mol. The molecule has 0 aliphatic rings. The van der Waals surface area contributed by atoms with Crippen molar-refractivity contribution in [2.45, 2.75) is 6.92 Å². The lowest BCUT2D eigenvalue weighted by molar-refractivity contribution is 0.101. The number of rotatable bonds is 6. The Balaban J connectivity index is 1.25. The molecule has 43 heavy (non-hydrogen) atoms. The molecular formula is C35H24N4O2S2. The largest absolute Gasteiger partial charge is 0.320 e. The third-order valence-electron chi connectivity index (χ3n) is 7.14. The van der Waals surface area contributed by atoms with Crippen molar-refractivity contribution in [3.05, 3.63) is 131 Å². The molecule has 2 N–H and O–H groups in total. The quantitative estimate of drug-likeness (QED) is 0.201. The number of hydrogen-bond acceptors (Lipinski definition) is 6. The van der Waals surface area contributed by atoms with Gasteiger partial charge in [-0.3, -0.25) is 9.59 Å². The van der Waals surface area contributed by atoms with Gasteiger partial charge < -0.3 is 10.6 Å². The standard InChI is InChI=1S/C35H24N4O2S2/c1-21-14-15-28(38-34(40)24-19-30(32-12-6-16-42-32)36-26-10-4-2-8-22(24)26)29(18-21)39-35(41)25-20-31(33-13-7-17-43-33)37-27-11-5-3-9-23(25)27/h2-20H,1H3,(H,38,40)(H,39,41). The van der Waals surface area contributed by atoms with Crippen LogP contribution in [-0.2, 0) is 0 Å². The van der Waals surface area contributed by atoms with Gasteiger partial charge in [0.25, 0.3) is 11.8 Å². The number of aromatic nitrogens is 2. The van der Waals surface area contributed by atoms with Crippen molar-refractivity contribution >= 4 is 67.7 Å². The molecule has 0 aliphatic carbocycles. The van der Waals surface area contributed by atoms with E-state index in [4.69, 9.17) is 9.97 Å². The van der Waals surface area contributed by atoms with Gasteiger partial charge in [0.15, 0.2) is 0 Å². The highest BCUT2D eigenvalue weighted by molar-refractivity contribution is 7.13. The second-order valence-corrected chi connectivity index (χ2v) is 12.0. The molecule has 0 spiro atoms. The van der Waals surface area contributed by atoms with E-state index >= 15 is 0 Å². The average Bonchev–Trinajstić information content (AvgIpc) is 3.77. The van der Waals surface area contributed by atoms with Crippen LogP contribution in [0.15, 0.2) is 114 Å². The Labute approximate surface area is 255 Å². The molecule has 2 amide bonds. The summed E-state index contributed by atoms with van der Waals surface area (Å²) in [4.78, 5) is 39.2. The maximum Gasteiger partial charge on any atom is 0.256 e. The van der Waals surface area contributed by atoms with Crippen molar-refractivity contribution in [2.24, 2.45) is 0 Å². The first-order valence-corrected chi connectivity index (χ1v) is 15.4. The molecule has 6 nitrogen and oxygen atoms in total. The summed E-state index contributed by atoms with van der Waals surface area (Å²) < 4.78 is 0. The lowest BCUT2D eigenvalue weighted by Crippen LogP contribution is -2.18. The third kappa shape index (κ3) is 5.30. The van der Waals surface area contributed by atoms with Gasteiger partial charge in [-0.1, -0.05) is 54.6 Å². The molecule has 4 heterocycles. The van der Waals surface area contributed by atoms with E-state index in [-0.39, 0.29) is 11.8 Å². The van der Waals surface area contributed by atoms with E-state index in [0.29, 0.717) is 22.5 Å². The van der Waals surface area contributed by atoms with E-state index < -0.39 is 0 Å². The van der Waals surface area contributed by atoms with Gasteiger partial charge in [-0.15, -0.1) is 22.7 Å². The maximum atomic E-state index is 13.9. The molecule has 8 heteroatoms. The van der Waals surface area contributed by atoms with Crippen LogP contribution in [0.5, 0.6) is 0 Å². The molecule has 7 aromatic rings. The topological polar surface area (TPSA) is 84.0 Å². The Kier molecular flexibility index (Phi) is 6.98. The zero-order chi connectivity index (χ0) is 29.3. The van der Waals surface area contributed by atoms with E-state index in [1.807, 2.05) is 121 Å². The normalized spacial score (nSPS) is 11.1. The molecule has 4 aromatic heterocycles. The maximum absolute atomic E-state index is 13.9. The Hall–Kier alpha value is -5.18. The number of nitrogens with zero attached hydrogens (tertiary/aromatic N) is 2. The van der Waals surface area contributed by atoms with E-state index in [1.165, 1.54) is 0 Å². The lowest BCUT2D eigenvalue weighted by Gasteiger charge is -2.16. The van der Waals surface area contributed by atoms with Gasteiger partial charge in [0, 0.05) is 10.8 Å². The smallest absolute Gasteiger partial charge is 0.256 e. The van der Waals surface area contributed by atoms with Crippen molar-refractivity contribution in [1.29, 1.82) is 0 Å². The Bertz CT molecular complexity index is 2140. The molecule has 0 saturated carbocycles. The van der Waals surface area contributed by atoms with Gasteiger partial charge in [0.05, 0.1) is 54.7 Å². The fourth-order valence-corrected chi connectivity index (χ4v) is 6.45. The molecule has 7 rings (SSSR count). The number of carbonyl (C=O) groups excluding carboxylic acids is 2. The summed E-state index contributed by atoms with van der Waals surface area (Å²) in [6.45, 7) is 1.95. The summed E-state index contributed by atoms with van der Waals surface area (Å²) in [5.41, 5.74) is 5.92. The Morgan fingerprint density at radius 3 is 1.60 bits per heavy atom. The van der Waals surface area contributed by atoms with Gasteiger partial charge in [-0.25, -0.2) is 9.97 Å². The van der Waals surface area contributed by atoms with Crippen LogP contribution < -0.4 is 10.6 Å². The Morgan fingerprint density at radius 1 is 0.581 bits per heavy atom. The van der Waals surface area contributed by atoms with Gasteiger partial charge in [0.1, 0.15) is 0 Å². The summed E-state index contributed by atoms with van der Waals surface area (Å²) in [5, 5.41) is 11.6. The first-order chi connectivity index (χ1) is 21.0. The second-order valence-electron chi connectivity index (χ2n) is 10.1.